The van der Waals surface area contributed by atoms with Crippen LogP contribution in [0.2, 0.25) is 0 Å². The first-order valence-electron chi connectivity index (χ1n) is 3.35. The van der Waals surface area contributed by atoms with Crippen molar-refractivity contribution in [3.8, 4) is 0 Å². The van der Waals surface area contributed by atoms with Crippen molar-refractivity contribution in [2.75, 3.05) is 13.7 Å². The Morgan fingerprint density at radius 2 is 2.60 bits per heavy atom. The van der Waals surface area contributed by atoms with E-state index in [1.54, 1.807) is 0 Å². The van der Waals surface area contributed by atoms with Gasteiger partial charge in [0.2, 0.25) is 0 Å². The monoisotopic (exact) mass is 141 g/mol. The van der Waals surface area contributed by atoms with E-state index in [1.807, 2.05) is 0 Å². The Morgan fingerprint density at radius 1 is 1.80 bits per heavy atom. The van der Waals surface area contributed by atoms with E-state index in [0.717, 1.165) is 25.1 Å². The van der Waals surface area contributed by atoms with E-state index in [0.29, 0.717) is 0 Å². The molecule has 0 unspecified atom stereocenters. The SMILES string of the molecule is COC(=O)/C=C1/CCCN1. The van der Waals surface area contributed by atoms with E-state index >= 15 is 0 Å². The van der Waals surface area contributed by atoms with Crippen LogP contribution in [0.4, 0.5) is 0 Å². The summed E-state index contributed by atoms with van der Waals surface area (Å²) in [5.74, 6) is -0.274. The molecule has 1 fully saturated rings. The summed E-state index contributed by atoms with van der Waals surface area (Å²) in [4.78, 5) is 10.6. The number of methoxy groups -OCH3 is 1. The molecule has 56 valence electrons. The number of hydrogen-bond donors (Lipinski definition) is 1. The third kappa shape index (κ3) is 1.76. The number of ether oxygens (including phenoxy) is 1. The first-order valence-corrected chi connectivity index (χ1v) is 3.35. The lowest BCUT2D eigenvalue weighted by atomic mass is 10.3. The van der Waals surface area contributed by atoms with E-state index in [9.17, 15) is 4.79 Å². The van der Waals surface area contributed by atoms with Gasteiger partial charge in [0.05, 0.1) is 7.11 Å². The van der Waals surface area contributed by atoms with Crippen LogP contribution in [-0.2, 0) is 9.53 Å². The van der Waals surface area contributed by atoms with E-state index in [2.05, 4.69) is 10.1 Å². The molecule has 1 N–H and O–H groups in total. The van der Waals surface area contributed by atoms with Crippen molar-refractivity contribution in [3.63, 3.8) is 0 Å². The molecule has 0 aromatic heterocycles. The minimum atomic E-state index is -0.274. The van der Waals surface area contributed by atoms with Crippen LogP contribution in [0.15, 0.2) is 11.8 Å². The van der Waals surface area contributed by atoms with Gasteiger partial charge in [0.1, 0.15) is 0 Å². The summed E-state index contributed by atoms with van der Waals surface area (Å²) < 4.78 is 4.46. The molecular formula is C7H11NO2. The molecule has 0 aliphatic carbocycles. The van der Waals surface area contributed by atoms with Crippen LogP contribution in [0.1, 0.15) is 12.8 Å². The van der Waals surface area contributed by atoms with Gasteiger partial charge in [-0.2, -0.15) is 0 Å². The molecule has 3 heteroatoms. The molecule has 0 spiro atoms. The van der Waals surface area contributed by atoms with Crippen molar-refractivity contribution >= 4 is 5.97 Å². The second-order valence-corrected chi connectivity index (χ2v) is 2.22. The van der Waals surface area contributed by atoms with Gasteiger partial charge in [-0.25, -0.2) is 4.79 Å². The molecule has 3 nitrogen and oxygen atoms in total. The maximum Gasteiger partial charge on any atom is 0.332 e. The summed E-state index contributed by atoms with van der Waals surface area (Å²) >= 11 is 0. The highest BCUT2D eigenvalue weighted by molar-refractivity contribution is 5.82. The third-order valence-electron chi connectivity index (χ3n) is 1.47. The predicted octanol–water partition coefficient (Wildman–Crippen LogP) is 0.427. The Balaban J connectivity index is 2.45. The largest absolute Gasteiger partial charge is 0.466 e. The summed E-state index contributed by atoms with van der Waals surface area (Å²) in [5, 5.41) is 3.08. The number of carbonyl (C=O) groups excluding carboxylic acids is 1. The molecule has 10 heavy (non-hydrogen) atoms. The summed E-state index contributed by atoms with van der Waals surface area (Å²) in [7, 11) is 1.38. The average molecular weight is 141 g/mol. The van der Waals surface area contributed by atoms with Crippen LogP contribution in [0, 0.1) is 0 Å². The van der Waals surface area contributed by atoms with Crippen molar-refractivity contribution < 1.29 is 9.53 Å². The molecule has 1 heterocycles. The molecular weight excluding hydrogens is 130 g/mol. The van der Waals surface area contributed by atoms with Gasteiger partial charge in [-0.1, -0.05) is 0 Å². The molecule has 1 rings (SSSR count). The van der Waals surface area contributed by atoms with Crippen molar-refractivity contribution in [3.05, 3.63) is 11.8 Å². The molecule has 0 aromatic rings. The molecule has 0 atom stereocenters. The molecule has 0 amide bonds. The normalized spacial score (nSPS) is 20.7. The van der Waals surface area contributed by atoms with Crippen LogP contribution in [0.5, 0.6) is 0 Å². The van der Waals surface area contributed by atoms with Gasteiger partial charge in [0.15, 0.2) is 0 Å². The van der Waals surface area contributed by atoms with Crippen molar-refractivity contribution in [1.82, 2.24) is 5.32 Å². The van der Waals surface area contributed by atoms with Gasteiger partial charge >= 0.3 is 5.97 Å². The molecule has 1 aliphatic rings. The standard InChI is InChI=1S/C7H11NO2/c1-10-7(9)5-6-3-2-4-8-6/h5,8H,2-4H2,1H3/b6-5-. The van der Waals surface area contributed by atoms with Gasteiger partial charge in [-0.15, -0.1) is 0 Å². The molecule has 0 aromatic carbocycles. The highest BCUT2D eigenvalue weighted by atomic mass is 16.5. The lowest BCUT2D eigenvalue weighted by Gasteiger charge is -1.95. The van der Waals surface area contributed by atoms with Gasteiger partial charge in [-0.05, 0) is 12.8 Å². The highest BCUT2D eigenvalue weighted by Gasteiger charge is 2.06. The molecule has 1 saturated heterocycles. The first kappa shape index (κ1) is 7.12. The summed E-state index contributed by atoms with van der Waals surface area (Å²) in [6, 6.07) is 0. The maximum absolute atomic E-state index is 10.6. The van der Waals surface area contributed by atoms with Gasteiger partial charge in [0, 0.05) is 18.3 Å². The lowest BCUT2D eigenvalue weighted by Crippen LogP contribution is -2.06. The van der Waals surface area contributed by atoms with Crippen LogP contribution >= 0.6 is 0 Å². The Bertz CT molecular complexity index is 155. The molecule has 0 bridgehead atoms. The maximum atomic E-state index is 10.6. The van der Waals surface area contributed by atoms with E-state index in [1.165, 1.54) is 13.2 Å². The fourth-order valence-electron chi connectivity index (χ4n) is 0.941. The number of rotatable bonds is 1. The number of esters is 1. The van der Waals surface area contributed by atoms with Crippen molar-refractivity contribution in [2.45, 2.75) is 12.8 Å². The molecule has 1 aliphatic heterocycles. The Kier molecular flexibility index (Phi) is 2.31. The second kappa shape index (κ2) is 3.25. The Hall–Kier alpha value is -0.990. The highest BCUT2D eigenvalue weighted by Crippen LogP contribution is 2.07. The Labute approximate surface area is 60.1 Å². The predicted molar refractivity (Wildman–Crippen MR) is 37.3 cm³/mol. The number of carbonyl (C=O) groups is 1. The average Bonchev–Trinajstić information content (AvgIpc) is 2.40. The van der Waals surface area contributed by atoms with Crippen LogP contribution in [0.3, 0.4) is 0 Å². The summed E-state index contributed by atoms with van der Waals surface area (Å²) in [6.07, 6.45) is 3.59. The number of nitrogens with one attached hydrogen (secondary N) is 1. The third-order valence-corrected chi connectivity index (χ3v) is 1.47. The number of hydrogen-bond acceptors (Lipinski definition) is 3. The Morgan fingerprint density at radius 3 is 3.10 bits per heavy atom. The topological polar surface area (TPSA) is 38.3 Å². The second-order valence-electron chi connectivity index (χ2n) is 2.22. The van der Waals surface area contributed by atoms with E-state index in [-0.39, 0.29) is 5.97 Å². The van der Waals surface area contributed by atoms with Crippen molar-refractivity contribution in [1.29, 1.82) is 0 Å². The van der Waals surface area contributed by atoms with Gasteiger partial charge in [-0.3, -0.25) is 0 Å². The van der Waals surface area contributed by atoms with Gasteiger partial charge < -0.3 is 10.1 Å². The zero-order valence-electron chi connectivity index (χ0n) is 6.02. The van der Waals surface area contributed by atoms with Crippen LogP contribution in [0.25, 0.3) is 0 Å². The van der Waals surface area contributed by atoms with Gasteiger partial charge in [0.25, 0.3) is 0 Å². The number of allylic oxidation sites excluding steroid dienone is 1. The molecule has 0 radical (unpaired) electrons. The lowest BCUT2D eigenvalue weighted by molar-refractivity contribution is -0.134. The smallest absolute Gasteiger partial charge is 0.332 e. The zero-order valence-corrected chi connectivity index (χ0v) is 6.02. The summed E-state index contributed by atoms with van der Waals surface area (Å²) in [5.41, 5.74) is 0.992. The fourth-order valence-corrected chi connectivity index (χ4v) is 0.941. The quantitative estimate of drug-likeness (QED) is 0.425. The van der Waals surface area contributed by atoms with Crippen LogP contribution < -0.4 is 5.32 Å². The molecule has 0 saturated carbocycles. The minimum Gasteiger partial charge on any atom is -0.466 e. The first-order chi connectivity index (χ1) is 4.83. The van der Waals surface area contributed by atoms with Crippen molar-refractivity contribution in [2.24, 2.45) is 0 Å². The van der Waals surface area contributed by atoms with E-state index in [4.69, 9.17) is 0 Å². The fraction of sp³-hybridized carbons (Fsp3) is 0.571. The zero-order chi connectivity index (χ0) is 7.40. The minimum absolute atomic E-state index is 0.274. The summed E-state index contributed by atoms with van der Waals surface area (Å²) in [6.45, 7) is 0.975. The van der Waals surface area contributed by atoms with Crippen LogP contribution in [-0.4, -0.2) is 19.6 Å². The van der Waals surface area contributed by atoms with E-state index < -0.39 is 0 Å².